The summed E-state index contributed by atoms with van der Waals surface area (Å²) in [6, 6.07) is 10.4. The van der Waals surface area contributed by atoms with Gasteiger partial charge in [-0.05, 0) is 88.5 Å². The summed E-state index contributed by atoms with van der Waals surface area (Å²) in [6.45, 7) is 11.8. The molecule has 2 aliphatic heterocycles. The summed E-state index contributed by atoms with van der Waals surface area (Å²) in [5, 5.41) is 12.0. The van der Waals surface area contributed by atoms with Gasteiger partial charge < -0.3 is 20.1 Å². The van der Waals surface area contributed by atoms with E-state index in [1.54, 1.807) is 0 Å². The first-order valence-corrected chi connectivity index (χ1v) is 13.7. The van der Waals surface area contributed by atoms with E-state index in [1.807, 2.05) is 0 Å². The van der Waals surface area contributed by atoms with Crippen LogP contribution >= 0.6 is 0 Å². The Balaban J connectivity index is 0.000000293. The zero-order valence-corrected chi connectivity index (χ0v) is 23.4. The van der Waals surface area contributed by atoms with E-state index in [0.717, 1.165) is 62.1 Å². The Kier molecular flexibility index (Phi) is 11.4. The average molecular weight is 550 g/mol. The number of aliphatic hydroxyl groups is 1. The third-order valence-electron chi connectivity index (χ3n) is 7.95. The molecule has 2 fully saturated rings. The highest BCUT2D eigenvalue weighted by Crippen LogP contribution is 2.38. The largest absolute Gasteiger partial charge is 0.493 e. The van der Waals surface area contributed by atoms with Crippen LogP contribution in [0.5, 0.6) is 5.75 Å². The number of likely N-dealkylation sites (tertiary alicyclic amines) is 2. The number of piperazine rings is 1. The second kappa shape index (κ2) is 14.3. The van der Waals surface area contributed by atoms with E-state index in [9.17, 15) is 18.0 Å². The van der Waals surface area contributed by atoms with Crippen molar-refractivity contribution in [2.24, 2.45) is 0 Å². The van der Waals surface area contributed by atoms with Gasteiger partial charge in [0.05, 0.1) is 18.8 Å². The van der Waals surface area contributed by atoms with Crippen molar-refractivity contribution in [1.29, 1.82) is 0 Å². The monoisotopic (exact) mass is 549 g/mol. The average Bonchev–Trinajstić information content (AvgIpc) is 3.50. The molecule has 2 N–H and O–H groups in total. The van der Waals surface area contributed by atoms with E-state index in [1.165, 1.54) is 36.2 Å². The molecular formula is C30H42F3N3O3. The zero-order valence-electron chi connectivity index (χ0n) is 23.4. The predicted molar refractivity (Wildman–Crippen MR) is 147 cm³/mol. The van der Waals surface area contributed by atoms with Gasteiger partial charge in [0.25, 0.3) is 0 Å². The van der Waals surface area contributed by atoms with Gasteiger partial charge in [-0.2, -0.15) is 13.2 Å². The number of aldehydes is 1. The fourth-order valence-corrected chi connectivity index (χ4v) is 5.46. The number of aliphatic hydroxyl groups excluding tert-OH is 1. The quantitative estimate of drug-likeness (QED) is 0.304. The van der Waals surface area contributed by atoms with E-state index in [0.29, 0.717) is 24.9 Å². The van der Waals surface area contributed by atoms with Gasteiger partial charge in [0.2, 0.25) is 0 Å². The molecule has 2 saturated heterocycles. The summed E-state index contributed by atoms with van der Waals surface area (Å²) >= 11 is 0. The third kappa shape index (κ3) is 8.27. The van der Waals surface area contributed by atoms with Crippen LogP contribution in [-0.4, -0.2) is 79.7 Å². The Hall–Kier alpha value is -2.46. The van der Waals surface area contributed by atoms with E-state index >= 15 is 0 Å². The second-order valence-corrected chi connectivity index (χ2v) is 10.5. The SMILES string of the molecule is Cc1c(OCCCCNCCO)ccc([C@H](C)N2CC3CC2CN3C)c1C.O=Cc1ccc(C(F)(F)F)cc1. The number of fused-ring (bicyclic) bond motifs is 2. The second-order valence-electron chi connectivity index (χ2n) is 10.5. The first-order chi connectivity index (χ1) is 18.6. The molecule has 4 rings (SSSR count). The summed E-state index contributed by atoms with van der Waals surface area (Å²) in [7, 11) is 2.26. The highest BCUT2D eigenvalue weighted by Gasteiger charge is 2.43. The number of carbonyl (C=O) groups is 1. The summed E-state index contributed by atoms with van der Waals surface area (Å²) in [4.78, 5) is 15.3. The van der Waals surface area contributed by atoms with Gasteiger partial charge in [0.1, 0.15) is 12.0 Å². The van der Waals surface area contributed by atoms with E-state index < -0.39 is 11.7 Å². The van der Waals surface area contributed by atoms with Crippen molar-refractivity contribution in [3.63, 3.8) is 0 Å². The van der Waals surface area contributed by atoms with Crippen LogP contribution in [0.3, 0.4) is 0 Å². The smallest absolute Gasteiger partial charge is 0.416 e. The topological polar surface area (TPSA) is 65.0 Å². The van der Waals surface area contributed by atoms with Crippen LogP contribution in [0.25, 0.3) is 0 Å². The molecule has 2 aliphatic rings. The summed E-state index contributed by atoms with van der Waals surface area (Å²) in [5.74, 6) is 1.02. The van der Waals surface area contributed by atoms with Crippen molar-refractivity contribution >= 4 is 6.29 Å². The molecule has 2 unspecified atom stereocenters. The zero-order chi connectivity index (χ0) is 28.6. The van der Waals surface area contributed by atoms with Crippen LogP contribution in [0.2, 0.25) is 0 Å². The molecule has 2 bridgehead atoms. The molecule has 6 nitrogen and oxygen atoms in total. The lowest BCUT2D eigenvalue weighted by molar-refractivity contribution is -0.137. The highest BCUT2D eigenvalue weighted by atomic mass is 19.4. The number of unbranched alkanes of at least 4 members (excludes halogenated alkanes) is 1. The molecule has 0 radical (unpaired) electrons. The maximum atomic E-state index is 11.9. The number of carbonyl (C=O) groups excluding carboxylic acids is 1. The Morgan fingerprint density at radius 2 is 1.77 bits per heavy atom. The third-order valence-corrected chi connectivity index (χ3v) is 7.95. The number of likely N-dealkylation sites (N-methyl/N-ethyl adjacent to an activating group) is 1. The standard InChI is InChI=1S/C22H37N3O2.C8H5F3O/c1-16-17(2)22(27-12-6-5-9-23-10-11-26)8-7-21(16)18(3)25-15-19-13-20(25)14-24(19)4;9-8(10,11)7-3-1-6(5-12)2-4-7/h7-8,18-20,23,26H,5-6,9-15H2,1-4H3;1-5H/t18-,19?,20?;/m0./s1. The van der Waals surface area contributed by atoms with Crippen molar-refractivity contribution in [2.45, 2.75) is 64.3 Å². The van der Waals surface area contributed by atoms with Crippen molar-refractivity contribution < 1.29 is 27.8 Å². The number of alkyl halides is 3. The highest BCUT2D eigenvalue weighted by molar-refractivity contribution is 5.74. The van der Waals surface area contributed by atoms with E-state index in [2.05, 4.69) is 55.1 Å². The number of hydrogen-bond donors (Lipinski definition) is 2. The van der Waals surface area contributed by atoms with Crippen molar-refractivity contribution in [1.82, 2.24) is 15.1 Å². The van der Waals surface area contributed by atoms with E-state index in [-0.39, 0.29) is 12.2 Å². The molecule has 2 aromatic carbocycles. The first kappa shape index (κ1) is 31.1. The molecule has 3 atom stereocenters. The number of rotatable bonds is 11. The minimum absolute atomic E-state index is 0.204. The van der Waals surface area contributed by atoms with Crippen LogP contribution in [0.1, 0.15) is 64.8 Å². The maximum absolute atomic E-state index is 11.9. The molecular weight excluding hydrogens is 507 g/mol. The van der Waals surface area contributed by atoms with Crippen LogP contribution in [0, 0.1) is 13.8 Å². The minimum Gasteiger partial charge on any atom is -0.493 e. The number of halogens is 3. The van der Waals surface area contributed by atoms with Gasteiger partial charge in [-0.1, -0.05) is 18.2 Å². The molecule has 0 amide bonds. The normalized spacial score (nSPS) is 20.0. The number of nitrogens with zero attached hydrogens (tertiary/aromatic N) is 2. The number of nitrogens with one attached hydrogen (secondary N) is 1. The molecule has 39 heavy (non-hydrogen) atoms. The number of hydrogen-bond acceptors (Lipinski definition) is 6. The first-order valence-electron chi connectivity index (χ1n) is 13.7. The van der Waals surface area contributed by atoms with Crippen molar-refractivity contribution in [3.8, 4) is 5.75 Å². The van der Waals surface area contributed by atoms with Gasteiger partial charge >= 0.3 is 6.18 Å². The van der Waals surface area contributed by atoms with E-state index in [4.69, 9.17) is 9.84 Å². The van der Waals surface area contributed by atoms with Gasteiger partial charge in [-0.25, -0.2) is 0 Å². The Morgan fingerprint density at radius 3 is 2.33 bits per heavy atom. The van der Waals surface area contributed by atoms with Gasteiger partial charge in [-0.3, -0.25) is 9.69 Å². The Morgan fingerprint density at radius 1 is 1.05 bits per heavy atom. The van der Waals surface area contributed by atoms with Crippen LogP contribution in [0.15, 0.2) is 36.4 Å². The molecule has 9 heteroatoms. The van der Waals surface area contributed by atoms with Crippen LogP contribution in [-0.2, 0) is 6.18 Å². The lowest BCUT2D eigenvalue weighted by Gasteiger charge is -2.37. The number of ether oxygens (including phenoxy) is 1. The van der Waals surface area contributed by atoms with Crippen LogP contribution < -0.4 is 10.1 Å². The van der Waals surface area contributed by atoms with Crippen LogP contribution in [0.4, 0.5) is 13.2 Å². The fourth-order valence-electron chi connectivity index (χ4n) is 5.46. The van der Waals surface area contributed by atoms with Gasteiger partial charge in [-0.15, -0.1) is 0 Å². The Labute approximate surface area is 230 Å². The number of benzene rings is 2. The summed E-state index contributed by atoms with van der Waals surface area (Å²) in [6.07, 6.45) is -0.409. The van der Waals surface area contributed by atoms with Gasteiger partial charge in [0.15, 0.2) is 0 Å². The predicted octanol–water partition coefficient (Wildman–Crippen LogP) is 5.01. The lowest BCUT2D eigenvalue weighted by atomic mass is 9.96. The van der Waals surface area contributed by atoms with Crippen molar-refractivity contribution in [2.75, 3.05) is 46.4 Å². The maximum Gasteiger partial charge on any atom is 0.416 e. The van der Waals surface area contributed by atoms with Crippen molar-refractivity contribution in [3.05, 3.63) is 64.2 Å². The summed E-state index contributed by atoms with van der Waals surface area (Å²) < 4.78 is 41.9. The molecule has 0 aliphatic carbocycles. The molecule has 0 spiro atoms. The molecule has 2 aromatic rings. The molecule has 0 saturated carbocycles. The molecule has 0 aromatic heterocycles. The fraction of sp³-hybridized carbons (Fsp3) is 0.567. The molecule has 2 heterocycles. The Bertz CT molecular complexity index is 1060. The summed E-state index contributed by atoms with van der Waals surface area (Å²) in [5.41, 5.74) is 3.60. The lowest BCUT2D eigenvalue weighted by Crippen LogP contribution is -2.45. The van der Waals surface area contributed by atoms with Gasteiger partial charge in [0, 0.05) is 43.3 Å². The molecule has 216 valence electrons. The minimum atomic E-state index is -4.33.